The standard InChI is InChI=1S/C19H17N3O3/c1-14-5-2-3-8-17(14)24-13-18(23)22-15-6-4-7-16(11-15)25-19-12-20-9-10-21-19/h2-12H,13H2,1H3,(H,22,23). The molecular weight excluding hydrogens is 318 g/mol. The van der Waals surface area contributed by atoms with Crippen LogP contribution in [0.1, 0.15) is 5.56 Å². The summed E-state index contributed by atoms with van der Waals surface area (Å²) < 4.78 is 11.1. The Morgan fingerprint density at radius 3 is 2.80 bits per heavy atom. The van der Waals surface area contributed by atoms with Crippen LogP contribution in [0.4, 0.5) is 5.69 Å². The van der Waals surface area contributed by atoms with Crippen LogP contribution in [-0.4, -0.2) is 22.5 Å². The van der Waals surface area contributed by atoms with Crippen molar-refractivity contribution in [1.82, 2.24) is 9.97 Å². The molecule has 0 atom stereocenters. The van der Waals surface area contributed by atoms with Gasteiger partial charge in [-0.25, -0.2) is 4.98 Å². The van der Waals surface area contributed by atoms with E-state index in [0.29, 0.717) is 23.1 Å². The zero-order chi connectivity index (χ0) is 17.5. The number of nitrogens with zero attached hydrogens (tertiary/aromatic N) is 2. The third-order valence-corrected chi connectivity index (χ3v) is 3.33. The minimum absolute atomic E-state index is 0.0693. The minimum Gasteiger partial charge on any atom is -0.483 e. The second-order valence-corrected chi connectivity index (χ2v) is 5.28. The quantitative estimate of drug-likeness (QED) is 0.745. The first-order valence-corrected chi connectivity index (χ1v) is 7.73. The van der Waals surface area contributed by atoms with E-state index in [1.54, 1.807) is 36.7 Å². The topological polar surface area (TPSA) is 73.3 Å². The van der Waals surface area contributed by atoms with Gasteiger partial charge in [0.25, 0.3) is 5.91 Å². The Kier molecular flexibility index (Phi) is 5.21. The number of rotatable bonds is 6. The molecule has 2 aromatic carbocycles. The Labute approximate surface area is 145 Å². The summed E-state index contributed by atoms with van der Waals surface area (Å²) >= 11 is 0. The van der Waals surface area contributed by atoms with Crippen LogP contribution in [-0.2, 0) is 4.79 Å². The molecule has 126 valence electrons. The zero-order valence-electron chi connectivity index (χ0n) is 13.7. The highest BCUT2D eigenvalue weighted by molar-refractivity contribution is 5.92. The first-order valence-electron chi connectivity index (χ1n) is 7.73. The van der Waals surface area contributed by atoms with Crippen molar-refractivity contribution < 1.29 is 14.3 Å². The number of benzene rings is 2. The van der Waals surface area contributed by atoms with E-state index in [1.807, 2.05) is 31.2 Å². The summed E-state index contributed by atoms with van der Waals surface area (Å²) in [5.74, 6) is 1.38. The van der Waals surface area contributed by atoms with E-state index in [4.69, 9.17) is 9.47 Å². The van der Waals surface area contributed by atoms with Gasteiger partial charge < -0.3 is 14.8 Å². The molecule has 0 aliphatic heterocycles. The minimum atomic E-state index is -0.250. The Morgan fingerprint density at radius 1 is 1.12 bits per heavy atom. The van der Waals surface area contributed by atoms with Crippen molar-refractivity contribution in [2.24, 2.45) is 0 Å². The first kappa shape index (κ1) is 16.4. The highest BCUT2D eigenvalue weighted by Crippen LogP contribution is 2.22. The molecule has 0 saturated heterocycles. The number of para-hydroxylation sites is 1. The van der Waals surface area contributed by atoms with Crippen molar-refractivity contribution in [2.75, 3.05) is 11.9 Å². The largest absolute Gasteiger partial charge is 0.483 e. The molecule has 0 fully saturated rings. The van der Waals surface area contributed by atoms with Gasteiger partial charge in [0.15, 0.2) is 6.61 Å². The smallest absolute Gasteiger partial charge is 0.262 e. The van der Waals surface area contributed by atoms with Crippen molar-refractivity contribution in [3.05, 3.63) is 72.7 Å². The monoisotopic (exact) mass is 335 g/mol. The number of anilines is 1. The number of hydrogen-bond donors (Lipinski definition) is 1. The fourth-order valence-corrected chi connectivity index (χ4v) is 2.15. The van der Waals surface area contributed by atoms with Crippen LogP contribution >= 0.6 is 0 Å². The number of hydrogen-bond acceptors (Lipinski definition) is 5. The van der Waals surface area contributed by atoms with Gasteiger partial charge in [0.2, 0.25) is 5.88 Å². The van der Waals surface area contributed by atoms with Crippen molar-refractivity contribution in [2.45, 2.75) is 6.92 Å². The highest BCUT2D eigenvalue weighted by atomic mass is 16.5. The van der Waals surface area contributed by atoms with Gasteiger partial charge in [0.05, 0.1) is 6.20 Å². The Balaban J connectivity index is 1.58. The number of ether oxygens (including phenoxy) is 2. The Hall–Kier alpha value is -3.41. The molecule has 0 aliphatic carbocycles. The summed E-state index contributed by atoms with van der Waals surface area (Å²) in [5, 5.41) is 2.78. The molecule has 1 heterocycles. The van der Waals surface area contributed by atoms with Crippen LogP contribution in [0, 0.1) is 6.92 Å². The number of carbonyl (C=O) groups excluding carboxylic acids is 1. The van der Waals surface area contributed by atoms with Gasteiger partial charge >= 0.3 is 0 Å². The fourth-order valence-electron chi connectivity index (χ4n) is 2.15. The lowest BCUT2D eigenvalue weighted by Crippen LogP contribution is -2.20. The molecule has 25 heavy (non-hydrogen) atoms. The molecule has 3 aromatic rings. The van der Waals surface area contributed by atoms with Gasteiger partial charge in [-0.05, 0) is 30.7 Å². The third-order valence-electron chi connectivity index (χ3n) is 3.33. The van der Waals surface area contributed by atoms with E-state index in [0.717, 1.165) is 5.56 Å². The van der Waals surface area contributed by atoms with Crippen LogP contribution in [0.2, 0.25) is 0 Å². The maximum atomic E-state index is 12.1. The molecule has 6 heteroatoms. The van der Waals surface area contributed by atoms with Gasteiger partial charge in [0.1, 0.15) is 11.5 Å². The second kappa shape index (κ2) is 7.92. The van der Waals surface area contributed by atoms with E-state index in [9.17, 15) is 4.79 Å². The summed E-state index contributed by atoms with van der Waals surface area (Å²) in [7, 11) is 0. The van der Waals surface area contributed by atoms with Crippen LogP contribution in [0.25, 0.3) is 0 Å². The summed E-state index contributed by atoms with van der Waals surface area (Å²) in [6, 6.07) is 14.6. The van der Waals surface area contributed by atoms with Gasteiger partial charge in [-0.1, -0.05) is 24.3 Å². The van der Waals surface area contributed by atoms with Crippen LogP contribution in [0.3, 0.4) is 0 Å². The molecule has 0 saturated carbocycles. The lowest BCUT2D eigenvalue weighted by molar-refractivity contribution is -0.118. The van der Waals surface area contributed by atoms with E-state index < -0.39 is 0 Å². The van der Waals surface area contributed by atoms with Gasteiger partial charge in [-0.15, -0.1) is 0 Å². The summed E-state index contributed by atoms with van der Waals surface area (Å²) in [6.45, 7) is 1.86. The summed E-state index contributed by atoms with van der Waals surface area (Å²) in [4.78, 5) is 20.0. The van der Waals surface area contributed by atoms with E-state index in [-0.39, 0.29) is 12.5 Å². The molecule has 0 unspecified atom stereocenters. The van der Waals surface area contributed by atoms with Gasteiger partial charge in [0, 0.05) is 24.1 Å². The molecule has 0 radical (unpaired) electrons. The molecule has 0 aliphatic rings. The van der Waals surface area contributed by atoms with Crippen molar-refractivity contribution in [1.29, 1.82) is 0 Å². The molecular formula is C19H17N3O3. The summed E-state index contributed by atoms with van der Waals surface area (Å²) in [5.41, 5.74) is 1.59. The molecule has 1 N–H and O–H groups in total. The molecule has 3 rings (SSSR count). The predicted molar refractivity (Wildman–Crippen MR) is 93.9 cm³/mol. The van der Waals surface area contributed by atoms with Crippen molar-refractivity contribution in [3.63, 3.8) is 0 Å². The maximum Gasteiger partial charge on any atom is 0.262 e. The van der Waals surface area contributed by atoms with Gasteiger partial charge in [-0.3, -0.25) is 9.78 Å². The normalized spacial score (nSPS) is 10.1. The molecule has 6 nitrogen and oxygen atoms in total. The predicted octanol–water partition coefficient (Wildman–Crippen LogP) is 3.59. The van der Waals surface area contributed by atoms with Crippen molar-refractivity contribution >= 4 is 11.6 Å². The second-order valence-electron chi connectivity index (χ2n) is 5.28. The SMILES string of the molecule is Cc1ccccc1OCC(=O)Nc1cccc(Oc2cnccn2)c1. The highest BCUT2D eigenvalue weighted by Gasteiger charge is 2.06. The van der Waals surface area contributed by atoms with Crippen LogP contribution in [0.5, 0.6) is 17.4 Å². The maximum absolute atomic E-state index is 12.1. The fraction of sp³-hybridized carbons (Fsp3) is 0.105. The molecule has 1 amide bonds. The van der Waals surface area contributed by atoms with Gasteiger partial charge in [-0.2, -0.15) is 0 Å². The first-order chi connectivity index (χ1) is 12.2. The number of aromatic nitrogens is 2. The van der Waals surface area contributed by atoms with E-state index >= 15 is 0 Å². The third kappa shape index (κ3) is 4.78. The summed E-state index contributed by atoms with van der Waals surface area (Å²) in [6.07, 6.45) is 4.63. The van der Waals surface area contributed by atoms with E-state index in [2.05, 4.69) is 15.3 Å². The lowest BCUT2D eigenvalue weighted by atomic mass is 10.2. The molecule has 0 spiro atoms. The number of carbonyl (C=O) groups is 1. The van der Waals surface area contributed by atoms with Crippen LogP contribution < -0.4 is 14.8 Å². The molecule has 1 aromatic heterocycles. The number of aryl methyl sites for hydroxylation is 1. The van der Waals surface area contributed by atoms with E-state index in [1.165, 1.54) is 6.20 Å². The Bertz CT molecular complexity index is 853. The Morgan fingerprint density at radius 2 is 2.00 bits per heavy atom. The lowest BCUT2D eigenvalue weighted by Gasteiger charge is -2.10. The zero-order valence-corrected chi connectivity index (χ0v) is 13.7. The molecule has 0 bridgehead atoms. The average Bonchev–Trinajstić information content (AvgIpc) is 2.62. The van der Waals surface area contributed by atoms with Crippen LogP contribution in [0.15, 0.2) is 67.1 Å². The average molecular weight is 335 g/mol. The number of amides is 1. The number of nitrogens with one attached hydrogen (secondary N) is 1. The van der Waals surface area contributed by atoms with Crippen molar-refractivity contribution in [3.8, 4) is 17.4 Å².